The monoisotopic (exact) mass is 622 g/mol. The van der Waals surface area contributed by atoms with Crippen LogP contribution in [0.3, 0.4) is 0 Å². The SMILES string of the molecule is Cc1occc1C(=O)N1CCOC2(CCN(CCOc3ccc(CNC[C@H](O)c4ccc(O)c5[nH]c(=O)sc45)cc3)CC2)C1. The number of hydrogen-bond donors (Lipinski definition) is 4. The highest BCUT2D eigenvalue weighted by molar-refractivity contribution is 7.16. The number of ether oxygens (including phenoxy) is 2. The van der Waals surface area contributed by atoms with Gasteiger partial charge in [0, 0.05) is 44.8 Å². The Morgan fingerprint density at radius 3 is 2.70 bits per heavy atom. The number of nitrogens with zero attached hydrogens (tertiary/aromatic N) is 2. The van der Waals surface area contributed by atoms with Crippen LogP contribution in [-0.2, 0) is 11.3 Å². The van der Waals surface area contributed by atoms with E-state index in [0.29, 0.717) is 66.5 Å². The summed E-state index contributed by atoms with van der Waals surface area (Å²) in [6.45, 7) is 7.61. The number of hydrogen-bond acceptors (Lipinski definition) is 10. The number of aryl methyl sites for hydroxylation is 1. The Morgan fingerprint density at radius 2 is 1.95 bits per heavy atom. The lowest BCUT2D eigenvalue weighted by atomic mass is 9.89. The number of aliphatic hydroxyl groups is 1. The van der Waals surface area contributed by atoms with Crippen molar-refractivity contribution in [1.29, 1.82) is 0 Å². The van der Waals surface area contributed by atoms with Gasteiger partial charge in [-0.15, -0.1) is 0 Å². The van der Waals surface area contributed by atoms with Crippen LogP contribution in [0.4, 0.5) is 0 Å². The standard InChI is InChI=1S/C32H38N4O7S/c1-21-24(8-15-41-21)30(39)36-14-17-43-32(20-36)9-11-35(12-10-32)13-16-42-23-4-2-22(3-5-23)18-33-19-27(38)25-6-7-26(37)28-29(25)44-31(40)34-28/h2-8,15,27,33,37-38H,9-14,16-20H2,1H3,(H,34,40)/t27-/m0/s1. The van der Waals surface area contributed by atoms with Gasteiger partial charge in [-0.05, 0) is 49.6 Å². The molecule has 0 bridgehead atoms. The summed E-state index contributed by atoms with van der Waals surface area (Å²) >= 11 is 0.977. The second kappa shape index (κ2) is 13.1. The smallest absolute Gasteiger partial charge is 0.305 e. The third kappa shape index (κ3) is 6.69. The Labute approximate surface area is 259 Å². The Bertz CT molecular complexity index is 1640. The molecule has 1 atom stereocenters. The van der Waals surface area contributed by atoms with Gasteiger partial charge in [0.1, 0.15) is 29.4 Å². The zero-order chi connectivity index (χ0) is 30.7. The van der Waals surface area contributed by atoms with Crippen LogP contribution >= 0.6 is 11.3 Å². The summed E-state index contributed by atoms with van der Waals surface area (Å²) in [5.74, 6) is 1.46. The van der Waals surface area contributed by atoms with Crippen LogP contribution in [0.1, 0.15) is 46.2 Å². The van der Waals surface area contributed by atoms with E-state index in [4.69, 9.17) is 13.9 Å². The summed E-state index contributed by atoms with van der Waals surface area (Å²) in [5, 5.41) is 23.9. The van der Waals surface area contributed by atoms with Gasteiger partial charge >= 0.3 is 4.87 Å². The van der Waals surface area contributed by atoms with Crippen LogP contribution in [0.5, 0.6) is 11.5 Å². The van der Waals surface area contributed by atoms with Crippen molar-refractivity contribution in [2.45, 2.75) is 38.0 Å². The number of aliphatic hydroxyl groups excluding tert-OH is 1. The van der Waals surface area contributed by atoms with Crippen molar-refractivity contribution in [2.24, 2.45) is 0 Å². The number of fused-ring (bicyclic) bond motifs is 1. The molecule has 0 unspecified atom stereocenters. The molecule has 2 aliphatic rings. The number of thiazole rings is 1. The molecule has 2 aromatic carbocycles. The van der Waals surface area contributed by atoms with E-state index in [9.17, 15) is 19.8 Å². The third-order valence-corrected chi connectivity index (χ3v) is 9.54. The van der Waals surface area contributed by atoms with Gasteiger partial charge in [0.25, 0.3) is 5.91 Å². The number of carbonyl (C=O) groups is 1. The molecular formula is C32H38N4O7S. The molecule has 4 aromatic rings. The van der Waals surface area contributed by atoms with E-state index >= 15 is 0 Å². The maximum Gasteiger partial charge on any atom is 0.305 e. The number of phenols is 1. The zero-order valence-electron chi connectivity index (χ0n) is 24.7. The molecule has 4 heterocycles. The molecule has 1 amide bonds. The Kier molecular flexibility index (Phi) is 9.06. The molecule has 4 N–H and O–H groups in total. The number of furan rings is 1. The normalized spacial score (nSPS) is 17.7. The minimum Gasteiger partial charge on any atom is -0.506 e. The number of aromatic nitrogens is 1. The van der Waals surface area contributed by atoms with E-state index in [1.165, 1.54) is 6.07 Å². The molecule has 0 aliphatic carbocycles. The van der Waals surface area contributed by atoms with Crippen molar-refractivity contribution < 1.29 is 28.9 Å². The second-order valence-corrected chi connectivity index (χ2v) is 12.5. The van der Waals surface area contributed by atoms with Crippen LogP contribution in [-0.4, -0.2) is 89.0 Å². The molecular weight excluding hydrogens is 584 g/mol. The highest BCUT2D eigenvalue weighted by Gasteiger charge is 2.41. The highest BCUT2D eigenvalue weighted by Crippen LogP contribution is 2.32. The lowest BCUT2D eigenvalue weighted by molar-refractivity contribution is -0.127. The van der Waals surface area contributed by atoms with Crippen LogP contribution in [0.2, 0.25) is 0 Å². The van der Waals surface area contributed by atoms with Crippen molar-refractivity contribution in [3.63, 3.8) is 0 Å². The van der Waals surface area contributed by atoms with Crippen LogP contribution in [0.15, 0.2) is 57.9 Å². The van der Waals surface area contributed by atoms with E-state index in [1.807, 2.05) is 36.1 Å². The van der Waals surface area contributed by atoms with Gasteiger partial charge in [-0.1, -0.05) is 29.5 Å². The number of aromatic amines is 1. The van der Waals surface area contributed by atoms with Crippen LogP contribution in [0, 0.1) is 6.92 Å². The average molecular weight is 623 g/mol. The first-order valence-electron chi connectivity index (χ1n) is 15.0. The topological polar surface area (TPSA) is 140 Å². The first kappa shape index (κ1) is 30.4. The predicted molar refractivity (Wildman–Crippen MR) is 166 cm³/mol. The number of aromatic hydroxyl groups is 1. The average Bonchev–Trinajstić information content (AvgIpc) is 3.64. The lowest BCUT2D eigenvalue weighted by Gasteiger charge is -2.47. The molecule has 2 fully saturated rings. The number of amides is 1. The maximum absolute atomic E-state index is 13.0. The fourth-order valence-electron chi connectivity index (χ4n) is 6.04. The Hall–Kier alpha value is -3.68. The summed E-state index contributed by atoms with van der Waals surface area (Å²) in [4.78, 5) is 31.4. The van der Waals surface area contributed by atoms with Gasteiger partial charge in [-0.3, -0.25) is 14.5 Å². The summed E-state index contributed by atoms with van der Waals surface area (Å²) in [7, 11) is 0. The maximum atomic E-state index is 13.0. The molecule has 1 spiro atoms. The number of rotatable bonds is 10. The first-order valence-corrected chi connectivity index (χ1v) is 15.8. The zero-order valence-corrected chi connectivity index (χ0v) is 25.5. The number of benzene rings is 2. The molecule has 234 valence electrons. The van der Waals surface area contributed by atoms with Gasteiger partial charge in [-0.2, -0.15) is 0 Å². The number of piperidine rings is 1. The van der Waals surface area contributed by atoms with E-state index in [0.717, 1.165) is 55.1 Å². The summed E-state index contributed by atoms with van der Waals surface area (Å²) in [5.41, 5.74) is 2.35. The van der Waals surface area contributed by atoms with Crippen molar-refractivity contribution in [1.82, 2.24) is 20.1 Å². The molecule has 12 heteroatoms. The number of likely N-dealkylation sites (tertiary alicyclic amines) is 1. The van der Waals surface area contributed by atoms with E-state index < -0.39 is 6.10 Å². The molecule has 44 heavy (non-hydrogen) atoms. The number of H-pyrrole nitrogens is 1. The van der Waals surface area contributed by atoms with E-state index in [1.54, 1.807) is 18.4 Å². The van der Waals surface area contributed by atoms with Crippen molar-refractivity contribution in [3.8, 4) is 11.5 Å². The number of phenolic OH excluding ortho intramolecular Hbond substituents is 1. The summed E-state index contributed by atoms with van der Waals surface area (Å²) in [6.07, 6.45) is 2.49. The van der Waals surface area contributed by atoms with Gasteiger partial charge in [0.2, 0.25) is 0 Å². The Balaban J connectivity index is 0.912. The van der Waals surface area contributed by atoms with Crippen molar-refractivity contribution in [2.75, 3.05) is 52.5 Å². The number of carbonyl (C=O) groups excluding carboxylic acids is 1. The number of nitrogens with one attached hydrogen (secondary N) is 2. The van der Waals surface area contributed by atoms with Crippen LogP contribution < -0.4 is 14.9 Å². The fraction of sp³-hybridized carbons (Fsp3) is 0.438. The molecule has 2 saturated heterocycles. The fourth-order valence-corrected chi connectivity index (χ4v) is 6.96. The van der Waals surface area contributed by atoms with Gasteiger partial charge in [0.15, 0.2) is 0 Å². The van der Waals surface area contributed by atoms with Crippen LogP contribution in [0.25, 0.3) is 10.2 Å². The molecule has 11 nitrogen and oxygen atoms in total. The molecule has 2 aliphatic heterocycles. The Morgan fingerprint density at radius 1 is 1.16 bits per heavy atom. The largest absolute Gasteiger partial charge is 0.506 e. The third-order valence-electron chi connectivity index (χ3n) is 8.61. The quantitative estimate of drug-likeness (QED) is 0.210. The van der Waals surface area contributed by atoms with Crippen molar-refractivity contribution >= 4 is 27.5 Å². The highest BCUT2D eigenvalue weighted by atomic mass is 32.1. The van der Waals surface area contributed by atoms with Gasteiger partial charge in [-0.25, -0.2) is 0 Å². The lowest BCUT2D eigenvalue weighted by Crippen LogP contribution is -2.58. The minimum atomic E-state index is -0.825. The molecule has 0 radical (unpaired) electrons. The minimum absolute atomic E-state index is 0.00845. The number of morpholine rings is 1. The first-order chi connectivity index (χ1) is 21.3. The van der Waals surface area contributed by atoms with Gasteiger partial charge in [0.05, 0.1) is 41.4 Å². The van der Waals surface area contributed by atoms with E-state index in [2.05, 4.69) is 15.2 Å². The molecule has 2 aromatic heterocycles. The van der Waals surface area contributed by atoms with E-state index in [-0.39, 0.29) is 22.1 Å². The summed E-state index contributed by atoms with van der Waals surface area (Å²) in [6, 6.07) is 12.8. The molecule has 6 rings (SSSR count). The van der Waals surface area contributed by atoms with Gasteiger partial charge < -0.3 is 39.3 Å². The summed E-state index contributed by atoms with van der Waals surface area (Å²) < 4.78 is 18.1. The molecule has 0 saturated carbocycles. The van der Waals surface area contributed by atoms with Crippen molar-refractivity contribution in [3.05, 3.63) is 80.8 Å². The predicted octanol–water partition coefficient (Wildman–Crippen LogP) is 3.41. The second-order valence-electron chi connectivity index (χ2n) is 11.5.